The SMILES string of the molecule is CN(Cc1ccccc1)C(=O)COC(=O)c1ccccc1SCC(=O)Nc1ccc(F)cc1. The molecule has 0 atom stereocenters. The molecule has 33 heavy (non-hydrogen) atoms. The Balaban J connectivity index is 1.52. The largest absolute Gasteiger partial charge is 0.452 e. The topological polar surface area (TPSA) is 75.7 Å². The monoisotopic (exact) mass is 466 g/mol. The molecule has 8 heteroatoms. The van der Waals surface area contributed by atoms with Gasteiger partial charge in [-0.1, -0.05) is 42.5 Å². The summed E-state index contributed by atoms with van der Waals surface area (Å²) >= 11 is 1.17. The van der Waals surface area contributed by atoms with Crippen LogP contribution in [0, 0.1) is 5.82 Å². The van der Waals surface area contributed by atoms with E-state index in [2.05, 4.69) is 5.32 Å². The lowest BCUT2D eigenvalue weighted by Gasteiger charge is -2.17. The van der Waals surface area contributed by atoms with Crippen LogP contribution in [0.1, 0.15) is 15.9 Å². The van der Waals surface area contributed by atoms with Crippen molar-refractivity contribution in [2.24, 2.45) is 0 Å². The van der Waals surface area contributed by atoms with Crippen molar-refractivity contribution < 1.29 is 23.5 Å². The van der Waals surface area contributed by atoms with Crippen LogP contribution >= 0.6 is 11.8 Å². The van der Waals surface area contributed by atoms with Gasteiger partial charge in [0.15, 0.2) is 6.61 Å². The summed E-state index contributed by atoms with van der Waals surface area (Å²) < 4.78 is 18.2. The first-order valence-corrected chi connectivity index (χ1v) is 11.1. The molecule has 3 rings (SSSR count). The molecule has 0 fully saturated rings. The summed E-state index contributed by atoms with van der Waals surface area (Å²) in [4.78, 5) is 39.2. The van der Waals surface area contributed by atoms with Gasteiger partial charge >= 0.3 is 5.97 Å². The molecular weight excluding hydrogens is 443 g/mol. The number of hydrogen-bond acceptors (Lipinski definition) is 5. The number of benzene rings is 3. The van der Waals surface area contributed by atoms with E-state index in [0.717, 1.165) is 5.56 Å². The third kappa shape index (κ3) is 7.47. The Kier molecular flexibility index (Phi) is 8.60. The van der Waals surface area contributed by atoms with E-state index < -0.39 is 5.97 Å². The van der Waals surface area contributed by atoms with Gasteiger partial charge in [0.2, 0.25) is 5.91 Å². The second-order valence-corrected chi connectivity index (χ2v) is 8.17. The zero-order valence-electron chi connectivity index (χ0n) is 18.0. The van der Waals surface area contributed by atoms with Gasteiger partial charge in [-0.2, -0.15) is 0 Å². The van der Waals surface area contributed by atoms with Crippen LogP contribution in [0.25, 0.3) is 0 Å². The number of esters is 1. The summed E-state index contributed by atoms with van der Waals surface area (Å²) in [7, 11) is 1.65. The van der Waals surface area contributed by atoms with Crippen LogP contribution < -0.4 is 5.32 Å². The summed E-state index contributed by atoms with van der Waals surface area (Å²) in [5.41, 5.74) is 1.73. The van der Waals surface area contributed by atoms with Crippen molar-refractivity contribution in [3.63, 3.8) is 0 Å². The van der Waals surface area contributed by atoms with Gasteiger partial charge in [-0.25, -0.2) is 9.18 Å². The summed E-state index contributed by atoms with van der Waals surface area (Å²) in [6.07, 6.45) is 0. The minimum atomic E-state index is -0.640. The average Bonchev–Trinajstić information content (AvgIpc) is 2.83. The zero-order chi connectivity index (χ0) is 23.6. The molecule has 0 aliphatic heterocycles. The third-order valence-corrected chi connectivity index (χ3v) is 5.68. The van der Waals surface area contributed by atoms with Crippen LogP contribution in [0.2, 0.25) is 0 Å². The fourth-order valence-corrected chi connectivity index (χ4v) is 3.74. The first kappa shape index (κ1) is 24.0. The number of nitrogens with zero attached hydrogens (tertiary/aromatic N) is 1. The summed E-state index contributed by atoms with van der Waals surface area (Å²) in [6, 6.07) is 21.7. The highest BCUT2D eigenvalue weighted by Gasteiger charge is 2.17. The van der Waals surface area contributed by atoms with E-state index >= 15 is 0 Å². The van der Waals surface area contributed by atoms with Crippen molar-refractivity contribution in [2.45, 2.75) is 11.4 Å². The lowest BCUT2D eigenvalue weighted by atomic mass is 10.2. The molecule has 0 aliphatic rings. The molecule has 170 valence electrons. The van der Waals surface area contributed by atoms with E-state index in [9.17, 15) is 18.8 Å². The second-order valence-electron chi connectivity index (χ2n) is 7.15. The molecule has 2 amide bonds. The first-order chi connectivity index (χ1) is 15.9. The number of nitrogens with one attached hydrogen (secondary N) is 1. The smallest absolute Gasteiger partial charge is 0.339 e. The highest BCUT2D eigenvalue weighted by Crippen LogP contribution is 2.24. The lowest BCUT2D eigenvalue weighted by molar-refractivity contribution is -0.133. The van der Waals surface area contributed by atoms with E-state index in [4.69, 9.17) is 4.74 Å². The van der Waals surface area contributed by atoms with Gasteiger partial charge in [0.25, 0.3) is 5.91 Å². The summed E-state index contributed by atoms with van der Waals surface area (Å²) in [5, 5.41) is 2.67. The maximum absolute atomic E-state index is 13.0. The van der Waals surface area contributed by atoms with Crippen LogP contribution in [0.15, 0.2) is 83.8 Å². The third-order valence-electron chi connectivity index (χ3n) is 4.61. The Morgan fingerprint density at radius 1 is 0.939 bits per heavy atom. The number of carbonyl (C=O) groups excluding carboxylic acids is 3. The molecule has 1 N–H and O–H groups in total. The zero-order valence-corrected chi connectivity index (χ0v) is 18.8. The quantitative estimate of drug-likeness (QED) is 0.374. The molecule has 0 heterocycles. The van der Waals surface area contributed by atoms with E-state index in [0.29, 0.717) is 17.1 Å². The maximum Gasteiger partial charge on any atom is 0.339 e. The van der Waals surface area contributed by atoms with Gasteiger partial charge in [-0.05, 0) is 42.0 Å². The van der Waals surface area contributed by atoms with E-state index in [-0.39, 0.29) is 35.6 Å². The Hall–Kier alpha value is -3.65. The van der Waals surface area contributed by atoms with Crippen molar-refractivity contribution in [3.8, 4) is 0 Å². The number of amides is 2. The Labute approximate surface area is 195 Å². The first-order valence-electron chi connectivity index (χ1n) is 10.1. The van der Waals surface area contributed by atoms with E-state index in [1.54, 1.807) is 31.3 Å². The van der Waals surface area contributed by atoms with Crippen molar-refractivity contribution in [1.82, 2.24) is 4.90 Å². The number of halogens is 1. The van der Waals surface area contributed by atoms with Crippen LogP contribution in [0.4, 0.5) is 10.1 Å². The van der Waals surface area contributed by atoms with Crippen molar-refractivity contribution in [1.29, 1.82) is 0 Å². The van der Waals surface area contributed by atoms with Gasteiger partial charge < -0.3 is 15.0 Å². The van der Waals surface area contributed by atoms with Gasteiger partial charge in [0.05, 0.1) is 11.3 Å². The van der Waals surface area contributed by atoms with Gasteiger partial charge in [-0.15, -0.1) is 11.8 Å². The fourth-order valence-electron chi connectivity index (χ4n) is 2.90. The molecule has 0 radical (unpaired) electrons. The minimum Gasteiger partial charge on any atom is -0.452 e. The molecule has 0 saturated carbocycles. The van der Waals surface area contributed by atoms with Crippen molar-refractivity contribution in [2.75, 3.05) is 24.7 Å². The highest BCUT2D eigenvalue weighted by atomic mass is 32.2. The second kappa shape index (κ2) is 11.8. The van der Waals surface area contributed by atoms with E-state index in [1.807, 2.05) is 30.3 Å². The predicted molar refractivity (Wildman–Crippen MR) is 125 cm³/mol. The molecule has 0 bridgehead atoms. The molecule has 6 nitrogen and oxygen atoms in total. The Bertz CT molecular complexity index is 1110. The molecule has 0 aromatic heterocycles. The Morgan fingerprint density at radius 2 is 1.61 bits per heavy atom. The van der Waals surface area contributed by atoms with Crippen molar-refractivity contribution in [3.05, 3.63) is 95.8 Å². The number of hydrogen-bond donors (Lipinski definition) is 1. The van der Waals surface area contributed by atoms with Gasteiger partial charge in [-0.3, -0.25) is 9.59 Å². The molecule has 0 unspecified atom stereocenters. The van der Waals surface area contributed by atoms with Crippen LogP contribution in [0.3, 0.4) is 0 Å². The maximum atomic E-state index is 13.0. The number of ether oxygens (including phenoxy) is 1. The lowest BCUT2D eigenvalue weighted by Crippen LogP contribution is -2.30. The van der Waals surface area contributed by atoms with Crippen LogP contribution in [-0.4, -0.2) is 42.1 Å². The number of carbonyl (C=O) groups is 3. The number of rotatable bonds is 9. The predicted octanol–water partition coefficient (Wildman–Crippen LogP) is 4.37. The molecule has 0 aliphatic carbocycles. The normalized spacial score (nSPS) is 10.4. The average molecular weight is 467 g/mol. The molecule has 0 spiro atoms. The highest BCUT2D eigenvalue weighted by molar-refractivity contribution is 8.00. The standard InChI is InChI=1S/C25H23FN2O4S/c1-28(15-18-7-3-2-4-8-18)24(30)16-32-25(31)21-9-5-6-10-22(21)33-17-23(29)27-20-13-11-19(26)12-14-20/h2-14H,15-17H2,1H3,(H,27,29). The van der Waals surface area contributed by atoms with Crippen molar-refractivity contribution >= 4 is 35.2 Å². The molecule has 3 aromatic rings. The van der Waals surface area contributed by atoms with Crippen LogP contribution in [-0.2, 0) is 20.9 Å². The Morgan fingerprint density at radius 3 is 2.33 bits per heavy atom. The van der Waals surface area contributed by atoms with Crippen LogP contribution in [0.5, 0.6) is 0 Å². The number of likely N-dealkylation sites (N-methyl/N-ethyl adjacent to an activating group) is 1. The molecule has 0 saturated heterocycles. The van der Waals surface area contributed by atoms with E-state index in [1.165, 1.54) is 40.9 Å². The van der Waals surface area contributed by atoms with Gasteiger partial charge in [0.1, 0.15) is 5.82 Å². The minimum absolute atomic E-state index is 0.0421. The molecular formula is C25H23FN2O4S. The molecule has 3 aromatic carbocycles. The summed E-state index contributed by atoms with van der Waals surface area (Å²) in [5.74, 6) is -1.61. The summed E-state index contributed by atoms with van der Waals surface area (Å²) in [6.45, 7) is 0.0268. The number of thioether (sulfide) groups is 1. The van der Waals surface area contributed by atoms with Gasteiger partial charge in [0, 0.05) is 24.2 Å². The fraction of sp³-hybridized carbons (Fsp3) is 0.160. The number of anilines is 1.